The van der Waals surface area contributed by atoms with E-state index >= 15 is 0 Å². The van der Waals surface area contributed by atoms with Gasteiger partial charge in [-0.1, -0.05) is 141 Å². The minimum absolute atomic E-state index is 0. The summed E-state index contributed by atoms with van der Waals surface area (Å²) in [6.07, 6.45) is 45.5. The summed E-state index contributed by atoms with van der Waals surface area (Å²) in [5, 5.41) is 13.3. The van der Waals surface area contributed by atoms with Gasteiger partial charge in [0.25, 0.3) is 0 Å². The summed E-state index contributed by atoms with van der Waals surface area (Å²) in [4.78, 5) is 12.3. The van der Waals surface area contributed by atoms with Crippen LogP contribution in [0.25, 0.3) is 0 Å². The number of nitrogens with zero attached hydrogens (tertiary/aromatic N) is 1. The number of carbonyl (C=O) groups excluding carboxylic acids is 1. The minimum atomic E-state index is -0.0557. The molecular formula is C42H80N2O4. The quantitative estimate of drug-likeness (QED) is 0.0302. The minimum Gasteiger partial charge on any atom is -0.870 e. The number of aliphatic hydroxyl groups is 1. The lowest BCUT2D eigenvalue weighted by Gasteiger charge is -2.12. The highest BCUT2D eigenvalue weighted by Gasteiger charge is 2.30. The van der Waals surface area contributed by atoms with Gasteiger partial charge in [0.1, 0.15) is 19.1 Å². The number of rotatable bonds is 35. The largest absolute Gasteiger partial charge is 0.870 e. The van der Waals surface area contributed by atoms with Crippen LogP contribution in [-0.4, -0.2) is 59.3 Å². The Bertz CT molecular complexity index is 795. The van der Waals surface area contributed by atoms with Gasteiger partial charge in [0.2, 0.25) is 5.84 Å². The van der Waals surface area contributed by atoms with E-state index in [-0.39, 0.29) is 18.1 Å². The fraction of sp³-hybridized carbons (Fsp3) is 0.857. The topological polar surface area (TPSA) is 91.6 Å². The number of unbranched alkanes of at least 4 members (excludes halogenated alkanes) is 22. The predicted octanol–water partition coefficient (Wildman–Crippen LogP) is 11.2. The van der Waals surface area contributed by atoms with Gasteiger partial charge in [-0.15, -0.1) is 0 Å². The third kappa shape index (κ3) is 28.2. The Morgan fingerprint density at radius 1 is 0.688 bits per heavy atom. The van der Waals surface area contributed by atoms with E-state index in [1.54, 1.807) is 0 Å². The lowest BCUT2D eigenvalue weighted by Crippen LogP contribution is -2.30. The summed E-state index contributed by atoms with van der Waals surface area (Å²) in [6.45, 7) is 6.71. The SMILES string of the molecule is CCCCCCCC/C=C\CCCCCCCC(=O)OCCC1CNC(CCCCCCC/C=C\CCCCCCCC)=[N+]1CCO.[OH-]. The van der Waals surface area contributed by atoms with Crippen LogP contribution in [0.1, 0.15) is 200 Å². The highest BCUT2D eigenvalue weighted by atomic mass is 16.5. The monoisotopic (exact) mass is 677 g/mol. The zero-order valence-corrected chi connectivity index (χ0v) is 31.9. The summed E-state index contributed by atoms with van der Waals surface area (Å²) < 4.78 is 7.92. The first-order valence-electron chi connectivity index (χ1n) is 20.7. The third-order valence-electron chi connectivity index (χ3n) is 9.70. The second-order valence-electron chi connectivity index (χ2n) is 14.1. The van der Waals surface area contributed by atoms with Crippen molar-refractivity contribution in [3.63, 3.8) is 0 Å². The van der Waals surface area contributed by atoms with Crippen molar-refractivity contribution < 1.29 is 24.7 Å². The zero-order valence-electron chi connectivity index (χ0n) is 31.9. The Morgan fingerprint density at radius 2 is 1.12 bits per heavy atom. The van der Waals surface area contributed by atoms with Crippen LogP contribution in [-0.2, 0) is 9.53 Å². The molecule has 0 amide bonds. The molecule has 6 nitrogen and oxygen atoms in total. The zero-order chi connectivity index (χ0) is 33.9. The molecule has 0 fully saturated rings. The van der Waals surface area contributed by atoms with Crippen LogP contribution in [0.2, 0.25) is 0 Å². The Labute approximate surface area is 298 Å². The van der Waals surface area contributed by atoms with Crippen LogP contribution < -0.4 is 5.32 Å². The summed E-state index contributed by atoms with van der Waals surface area (Å²) in [5.74, 6) is 1.21. The maximum Gasteiger partial charge on any atom is 0.305 e. The molecule has 1 atom stereocenters. The second-order valence-corrected chi connectivity index (χ2v) is 14.1. The Morgan fingerprint density at radius 3 is 1.60 bits per heavy atom. The van der Waals surface area contributed by atoms with E-state index in [9.17, 15) is 9.90 Å². The van der Waals surface area contributed by atoms with Gasteiger partial charge in [-0.05, 0) is 64.2 Å². The molecule has 0 spiro atoms. The molecule has 0 bridgehead atoms. The van der Waals surface area contributed by atoms with Gasteiger partial charge in [-0.3, -0.25) is 14.7 Å². The number of nitrogens with one attached hydrogen (secondary N) is 1. The van der Waals surface area contributed by atoms with Gasteiger partial charge in [0.15, 0.2) is 0 Å². The number of aliphatic hydroxyl groups excluding tert-OH is 1. The van der Waals surface area contributed by atoms with E-state index in [0.29, 0.717) is 25.6 Å². The number of hydrogen-bond donors (Lipinski definition) is 2. The van der Waals surface area contributed by atoms with Crippen LogP contribution in [0, 0.1) is 0 Å². The third-order valence-corrected chi connectivity index (χ3v) is 9.70. The number of ether oxygens (including phenoxy) is 1. The molecular weight excluding hydrogens is 596 g/mol. The summed E-state index contributed by atoms with van der Waals surface area (Å²) in [5.41, 5.74) is 0. The van der Waals surface area contributed by atoms with E-state index in [4.69, 9.17) is 4.74 Å². The molecule has 0 radical (unpaired) electrons. The average molecular weight is 677 g/mol. The van der Waals surface area contributed by atoms with E-state index in [1.165, 1.54) is 160 Å². The number of amidine groups is 1. The van der Waals surface area contributed by atoms with Crippen LogP contribution in [0.5, 0.6) is 0 Å². The maximum absolute atomic E-state index is 12.3. The van der Waals surface area contributed by atoms with E-state index in [2.05, 4.69) is 48.0 Å². The van der Waals surface area contributed by atoms with Gasteiger partial charge < -0.3 is 15.3 Å². The van der Waals surface area contributed by atoms with Crippen molar-refractivity contribution in [2.24, 2.45) is 0 Å². The van der Waals surface area contributed by atoms with Crippen LogP contribution >= 0.6 is 0 Å². The first-order chi connectivity index (χ1) is 23.2. The molecule has 282 valence electrons. The van der Waals surface area contributed by atoms with Gasteiger partial charge in [0.05, 0.1) is 13.2 Å². The summed E-state index contributed by atoms with van der Waals surface area (Å²) >= 11 is 0. The van der Waals surface area contributed by atoms with Gasteiger partial charge in [-0.2, -0.15) is 0 Å². The smallest absolute Gasteiger partial charge is 0.305 e. The fourth-order valence-corrected chi connectivity index (χ4v) is 6.67. The van der Waals surface area contributed by atoms with Crippen molar-refractivity contribution >= 4 is 11.8 Å². The van der Waals surface area contributed by atoms with Crippen molar-refractivity contribution in [2.75, 3.05) is 26.3 Å². The molecule has 1 heterocycles. The van der Waals surface area contributed by atoms with Gasteiger partial charge in [0, 0.05) is 19.3 Å². The maximum atomic E-state index is 12.3. The van der Waals surface area contributed by atoms with E-state index < -0.39 is 0 Å². The van der Waals surface area contributed by atoms with Crippen molar-refractivity contribution in [1.29, 1.82) is 0 Å². The lowest BCUT2D eigenvalue weighted by molar-refractivity contribution is -0.559. The van der Waals surface area contributed by atoms with Crippen molar-refractivity contribution in [1.82, 2.24) is 5.32 Å². The lowest BCUT2D eigenvalue weighted by atomic mass is 10.1. The Balaban J connectivity index is 0.0000221. The van der Waals surface area contributed by atoms with Crippen molar-refractivity contribution in [2.45, 2.75) is 206 Å². The standard InChI is InChI=1S/C42H78N2O3.H2O/c1-3-5-7-9-11-13-15-17-19-21-23-25-27-29-31-33-41-43-39-40(44(41)36-37-45)35-38-47-42(46)34-32-30-28-26-24-22-20-18-16-14-12-10-8-6-4-2;/h17-20,40,45H,3-16,21-39H2,1-2H3;1H2/b19-17-,20-18-;. The number of esters is 1. The highest BCUT2D eigenvalue weighted by molar-refractivity contribution is 5.78. The molecule has 0 aromatic heterocycles. The molecule has 1 aliphatic heterocycles. The normalized spacial score (nSPS) is 14.7. The number of hydrogen-bond acceptors (Lipinski definition) is 5. The molecule has 0 aliphatic carbocycles. The van der Waals surface area contributed by atoms with Gasteiger partial charge in [-0.25, -0.2) is 0 Å². The fourth-order valence-electron chi connectivity index (χ4n) is 6.67. The highest BCUT2D eigenvalue weighted by Crippen LogP contribution is 2.14. The number of β-amino-alcohol motifs (C(OH)–C–C–N with tert-alkyl or cyclic N) is 1. The number of allylic oxidation sites excluding steroid dienone is 4. The molecule has 1 rings (SSSR count). The summed E-state index contributed by atoms with van der Waals surface area (Å²) in [7, 11) is 0. The molecule has 0 saturated heterocycles. The van der Waals surface area contributed by atoms with E-state index in [1.807, 2.05) is 0 Å². The molecule has 3 N–H and O–H groups in total. The van der Waals surface area contributed by atoms with E-state index in [0.717, 1.165) is 32.2 Å². The molecule has 0 aromatic rings. The summed E-state index contributed by atoms with van der Waals surface area (Å²) in [6, 6.07) is 0.299. The predicted molar refractivity (Wildman–Crippen MR) is 205 cm³/mol. The van der Waals surface area contributed by atoms with Crippen LogP contribution in [0.4, 0.5) is 0 Å². The first kappa shape index (κ1) is 46.3. The van der Waals surface area contributed by atoms with Crippen molar-refractivity contribution in [3.8, 4) is 0 Å². The molecule has 1 unspecified atom stereocenters. The second kappa shape index (κ2) is 36.6. The molecule has 6 heteroatoms. The van der Waals surface area contributed by atoms with Gasteiger partial charge >= 0.3 is 5.97 Å². The Kier molecular flexibility index (Phi) is 35.3. The molecule has 48 heavy (non-hydrogen) atoms. The first-order valence-corrected chi connectivity index (χ1v) is 20.7. The van der Waals surface area contributed by atoms with Crippen molar-refractivity contribution in [3.05, 3.63) is 24.3 Å². The number of carbonyl (C=O) groups is 1. The molecule has 0 saturated carbocycles. The Hall–Kier alpha value is -1.66. The average Bonchev–Trinajstić information content (AvgIpc) is 3.45. The molecule has 0 aromatic carbocycles. The molecule has 1 aliphatic rings. The van der Waals surface area contributed by atoms with Crippen LogP contribution in [0.3, 0.4) is 0 Å². The van der Waals surface area contributed by atoms with Crippen LogP contribution in [0.15, 0.2) is 24.3 Å².